The Bertz CT molecular complexity index is 914. The molecule has 4 heteroatoms. The molecular weight excluding hydrogens is 348 g/mol. The molecule has 0 spiro atoms. The standard InChI is InChI=1S/C24H30N2O2/c1-17(2)16-28-23-8-5-18(6-9-23)19-7-10-24-20(12-19)13-21(25-24)14-26-11-3-4-22(26)15-27/h5-10,12-13,17,22,25,27H,3-4,11,14-16H2,1-2H3/t22-/m1/s1. The van der Waals surface area contributed by atoms with Crippen LogP contribution < -0.4 is 4.74 Å². The summed E-state index contributed by atoms with van der Waals surface area (Å²) in [5.41, 5.74) is 4.78. The van der Waals surface area contributed by atoms with Crippen LogP contribution in [0.2, 0.25) is 0 Å². The third-order valence-corrected chi connectivity index (χ3v) is 5.53. The van der Waals surface area contributed by atoms with Crippen molar-refractivity contribution in [2.45, 2.75) is 39.3 Å². The van der Waals surface area contributed by atoms with E-state index in [2.05, 4.69) is 60.1 Å². The van der Waals surface area contributed by atoms with Gasteiger partial charge >= 0.3 is 0 Å². The first-order valence-electron chi connectivity index (χ1n) is 10.3. The van der Waals surface area contributed by atoms with Crippen molar-refractivity contribution in [3.8, 4) is 16.9 Å². The molecular formula is C24H30N2O2. The summed E-state index contributed by atoms with van der Waals surface area (Å²) in [6.45, 7) is 7.24. The first-order valence-corrected chi connectivity index (χ1v) is 10.3. The summed E-state index contributed by atoms with van der Waals surface area (Å²) in [5.74, 6) is 1.45. The fourth-order valence-corrected chi connectivity index (χ4v) is 3.99. The van der Waals surface area contributed by atoms with Crippen molar-refractivity contribution in [1.29, 1.82) is 0 Å². The van der Waals surface area contributed by atoms with Crippen molar-refractivity contribution in [3.05, 3.63) is 54.2 Å². The average molecular weight is 379 g/mol. The van der Waals surface area contributed by atoms with Gasteiger partial charge in [0.15, 0.2) is 0 Å². The second-order valence-electron chi connectivity index (χ2n) is 8.27. The number of hydrogen-bond donors (Lipinski definition) is 2. The van der Waals surface area contributed by atoms with E-state index < -0.39 is 0 Å². The molecule has 0 saturated carbocycles. The van der Waals surface area contributed by atoms with Crippen LogP contribution in [0, 0.1) is 5.92 Å². The molecule has 2 aromatic carbocycles. The van der Waals surface area contributed by atoms with E-state index in [-0.39, 0.29) is 6.61 Å². The summed E-state index contributed by atoms with van der Waals surface area (Å²) in [6.07, 6.45) is 2.27. The summed E-state index contributed by atoms with van der Waals surface area (Å²) in [5, 5.41) is 10.8. The topological polar surface area (TPSA) is 48.5 Å². The number of ether oxygens (including phenoxy) is 1. The van der Waals surface area contributed by atoms with Gasteiger partial charge in [-0.05, 0) is 66.8 Å². The van der Waals surface area contributed by atoms with E-state index in [0.717, 1.165) is 37.4 Å². The van der Waals surface area contributed by atoms with Crippen molar-refractivity contribution in [3.63, 3.8) is 0 Å². The third kappa shape index (κ3) is 4.23. The van der Waals surface area contributed by atoms with E-state index in [1.54, 1.807) is 0 Å². The van der Waals surface area contributed by atoms with Crippen molar-refractivity contribution < 1.29 is 9.84 Å². The Morgan fingerprint density at radius 1 is 1.11 bits per heavy atom. The number of nitrogens with one attached hydrogen (secondary N) is 1. The summed E-state index contributed by atoms with van der Waals surface area (Å²) < 4.78 is 5.79. The maximum Gasteiger partial charge on any atom is 0.119 e. The Balaban J connectivity index is 1.50. The van der Waals surface area contributed by atoms with E-state index in [9.17, 15) is 5.11 Å². The molecule has 1 aliphatic heterocycles. The number of aromatic nitrogens is 1. The van der Waals surface area contributed by atoms with Crippen molar-refractivity contribution in [2.75, 3.05) is 19.8 Å². The first kappa shape index (κ1) is 19.0. The van der Waals surface area contributed by atoms with Crippen LogP contribution >= 0.6 is 0 Å². The molecule has 1 saturated heterocycles. The molecule has 3 aromatic rings. The number of aliphatic hydroxyl groups is 1. The van der Waals surface area contributed by atoms with E-state index in [1.165, 1.54) is 28.6 Å². The molecule has 4 rings (SSSR count). The second kappa shape index (κ2) is 8.38. The Morgan fingerprint density at radius 2 is 1.89 bits per heavy atom. The smallest absolute Gasteiger partial charge is 0.119 e. The van der Waals surface area contributed by atoms with E-state index in [4.69, 9.17) is 4.74 Å². The van der Waals surface area contributed by atoms with Crippen molar-refractivity contribution in [1.82, 2.24) is 9.88 Å². The summed E-state index contributed by atoms with van der Waals surface area (Å²) in [4.78, 5) is 5.92. The maximum absolute atomic E-state index is 9.54. The van der Waals surface area contributed by atoms with Crippen molar-refractivity contribution >= 4 is 10.9 Å². The largest absolute Gasteiger partial charge is 0.493 e. The molecule has 4 nitrogen and oxygen atoms in total. The van der Waals surface area contributed by atoms with E-state index >= 15 is 0 Å². The number of aliphatic hydroxyl groups excluding tert-OH is 1. The molecule has 28 heavy (non-hydrogen) atoms. The molecule has 1 fully saturated rings. The molecule has 0 amide bonds. The molecule has 0 bridgehead atoms. The zero-order valence-corrected chi connectivity index (χ0v) is 16.8. The predicted molar refractivity (Wildman–Crippen MR) is 115 cm³/mol. The molecule has 148 valence electrons. The predicted octanol–water partition coefficient (Wildman–Crippen LogP) is 4.83. The van der Waals surface area contributed by atoms with Gasteiger partial charge in [0.1, 0.15) is 5.75 Å². The Hall–Kier alpha value is -2.30. The average Bonchev–Trinajstić information content (AvgIpc) is 3.32. The highest BCUT2D eigenvalue weighted by Gasteiger charge is 2.23. The van der Waals surface area contributed by atoms with Gasteiger partial charge in [0.05, 0.1) is 13.2 Å². The van der Waals surface area contributed by atoms with Gasteiger partial charge in [-0.2, -0.15) is 0 Å². The Labute approximate surface area is 167 Å². The van der Waals surface area contributed by atoms with Gasteiger partial charge in [-0.25, -0.2) is 0 Å². The lowest BCUT2D eigenvalue weighted by Gasteiger charge is -2.21. The molecule has 0 aliphatic carbocycles. The van der Waals surface area contributed by atoms with Crippen LogP contribution in [0.15, 0.2) is 48.5 Å². The Kier molecular flexibility index (Phi) is 5.69. The van der Waals surface area contributed by atoms with Gasteiger partial charge in [0, 0.05) is 29.2 Å². The third-order valence-electron chi connectivity index (χ3n) is 5.53. The zero-order valence-electron chi connectivity index (χ0n) is 16.8. The minimum absolute atomic E-state index is 0.251. The highest BCUT2D eigenvalue weighted by Crippen LogP contribution is 2.28. The van der Waals surface area contributed by atoms with Crippen LogP contribution in [-0.2, 0) is 6.54 Å². The molecule has 1 aromatic heterocycles. The number of benzene rings is 2. The lowest BCUT2D eigenvalue weighted by Crippen LogP contribution is -2.31. The summed E-state index contributed by atoms with van der Waals surface area (Å²) >= 11 is 0. The number of fused-ring (bicyclic) bond motifs is 1. The molecule has 1 atom stereocenters. The van der Waals surface area contributed by atoms with Crippen LogP contribution in [0.25, 0.3) is 22.0 Å². The Morgan fingerprint density at radius 3 is 2.64 bits per heavy atom. The zero-order chi connectivity index (χ0) is 19.5. The number of rotatable bonds is 7. The monoisotopic (exact) mass is 378 g/mol. The van der Waals surface area contributed by atoms with Crippen LogP contribution in [0.1, 0.15) is 32.4 Å². The summed E-state index contributed by atoms with van der Waals surface area (Å²) in [6, 6.07) is 17.5. The number of H-pyrrole nitrogens is 1. The number of likely N-dealkylation sites (tertiary alicyclic amines) is 1. The van der Waals surface area contributed by atoms with Gasteiger partial charge in [-0.1, -0.05) is 32.0 Å². The normalized spacial score (nSPS) is 17.6. The van der Waals surface area contributed by atoms with E-state index in [0.29, 0.717) is 12.0 Å². The van der Waals surface area contributed by atoms with Crippen LogP contribution in [0.3, 0.4) is 0 Å². The first-order chi connectivity index (χ1) is 13.6. The van der Waals surface area contributed by atoms with Gasteiger partial charge in [-0.15, -0.1) is 0 Å². The molecule has 0 unspecified atom stereocenters. The minimum atomic E-state index is 0.251. The fourth-order valence-electron chi connectivity index (χ4n) is 3.99. The van der Waals surface area contributed by atoms with Crippen LogP contribution in [0.5, 0.6) is 5.75 Å². The second-order valence-corrected chi connectivity index (χ2v) is 8.27. The molecule has 0 radical (unpaired) electrons. The minimum Gasteiger partial charge on any atom is -0.493 e. The lowest BCUT2D eigenvalue weighted by molar-refractivity contribution is 0.152. The number of hydrogen-bond acceptors (Lipinski definition) is 3. The molecule has 2 N–H and O–H groups in total. The van der Waals surface area contributed by atoms with E-state index in [1.807, 2.05) is 12.1 Å². The van der Waals surface area contributed by atoms with Crippen LogP contribution in [-0.4, -0.2) is 40.8 Å². The quantitative estimate of drug-likeness (QED) is 0.619. The van der Waals surface area contributed by atoms with Gasteiger partial charge in [0.25, 0.3) is 0 Å². The SMILES string of the molecule is CC(C)COc1ccc(-c2ccc3[nH]c(CN4CCC[C@@H]4CO)cc3c2)cc1. The summed E-state index contributed by atoms with van der Waals surface area (Å²) in [7, 11) is 0. The highest BCUT2D eigenvalue weighted by atomic mass is 16.5. The maximum atomic E-state index is 9.54. The molecule has 2 heterocycles. The van der Waals surface area contributed by atoms with Gasteiger partial charge < -0.3 is 14.8 Å². The highest BCUT2D eigenvalue weighted by molar-refractivity contribution is 5.85. The number of nitrogens with zero attached hydrogens (tertiary/aromatic N) is 1. The fraction of sp³-hybridized carbons (Fsp3) is 0.417. The van der Waals surface area contributed by atoms with Gasteiger partial charge in [-0.3, -0.25) is 4.90 Å². The van der Waals surface area contributed by atoms with Crippen molar-refractivity contribution in [2.24, 2.45) is 5.92 Å². The van der Waals surface area contributed by atoms with Crippen LogP contribution in [0.4, 0.5) is 0 Å². The molecule has 1 aliphatic rings. The van der Waals surface area contributed by atoms with Gasteiger partial charge in [0.2, 0.25) is 0 Å². The lowest BCUT2D eigenvalue weighted by atomic mass is 10.0. The number of aromatic amines is 1.